The molecule has 14 heavy (non-hydrogen) atoms. The number of ketones is 1. The van der Waals surface area contributed by atoms with E-state index in [9.17, 15) is 4.79 Å². The Kier molecular flexibility index (Phi) is 2.46. The van der Waals surface area contributed by atoms with E-state index >= 15 is 0 Å². The Bertz CT molecular complexity index is 373. The van der Waals surface area contributed by atoms with Gasteiger partial charge in [-0.3, -0.25) is 4.79 Å². The first-order valence-electron chi connectivity index (χ1n) is 4.56. The Hall–Kier alpha value is -1.03. The predicted octanol–water partition coefficient (Wildman–Crippen LogP) is 1.45. The standard InChI is InChI=1S/C9H11ClN2O2/c1-6(13)5-7-8(10)11-12-3-2-4-14-9(7)12/h2-5H2,1H3. The van der Waals surface area contributed by atoms with Gasteiger partial charge in [-0.15, -0.1) is 0 Å². The summed E-state index contributed by atoms with van der Waals surface area (Å²) in [5.41, 5.74) is 0.721. The molecule has 4 nitrogen and oxygen atoms in total. The second-order valence-electron chi connectivity index (χ2n) is 3.38. The van der Waals surface area contributed by atoms with Crippen molar-refractivity contribution < 1.29 is 9.53 Å². The molecule has 2 heterocycles. The van der Waals surface area contributed by atoms with Gasteiger partial charge in [0.15, 0.2) is 5.15 Å². The smallest absolute Gasteiger partial charge is 0.217 e. The van der Waals surface area contributed by atoms with E-state index in [1.165, 1.54) is 6.92 Å². The number of aromatic nitrogens is 2. The fourth-order valence-corrected chi connectivity index (χ4v) is 1.79. The molecule has 5 heteroatoms. The molecule has 0 aliphatic carbocycles. The number of aryl methyl sites for hydroxylation is 1. The molecule has 0 aromatic carbocycles. The van der Waals surface area contributed by atoms with Gasteiger partial charge in [-0.1, -0.05) is 11.6 Å². The molecule has 0 saturated heterocycles. The molecule has 2 rings (SSSR count). The minimum Gasteiger partial charge on any atom is -0.478 e. The van der Waals surface area contributed by atoms with Gasteiger partial charge in [-0.2, -0.15) is 5.10 Å². The van der Waals surface area contributed by atoms with Gasteiger partial charge in [0.1, 0.15) is 5.78 Å². The quantitative estimate of drug-likeness (QED) is 0.749. The lowest BCUT2D eigenvalue weighted by atomic mass is 10.2. The SMILES string of the molecule is CC(=O)Cc1c(Cl)nn2c1OCCC2. The number of hydrogen-bond donors (Lipinski definition) is 0. The van der Waals surface area contributed by atoms with E-state index in [2.05, 4.69) is 5.10 Å². The zero-order valence-corrected chi connectivity index (χ0v) is 8.67. The summed E-state index contributed by atoms with van der Waals surface area (Å²) in [5, 5.41) is 4.50. The first kappa shape index (κ1) is 9.52. The molecule has 0 amide bonds. The highest BCUT2D eigenvalue weighted by molar-refractivity contribution is 6.30. The largest absolute Gasteiger partial charge is 0.478 e. The van der Waals surface area contributed by atoms with Crippen LogP contribution in [0.25, 0.3) is 0 Å². The van der Waals surface area contributed by atoms with Crippen LogP contribution in [0.5, 0.6) is 5.88 Å². The Balaban J connectivity index is 2.37. The van der Waals surface area contributed by atoms with E-state index < -0.39 is 0 Å². The van der Waals surface area contributed by atoms with Gasteiger partial charge in [-0.25, -0.2) is 4.68 Å². The summed E-state index contributed by atoms with van der Waals surface area (Å²) < 4.78 is 7.17. The summed E-state index contributed by atoms with van der Waals surface area (Å²) in [4.78, 5) is 11.0. The zero-order chi connectivity index (χ0) is 10.1. The number of fused-ring (bicyclic) bond motifs is 1. The van der Waals surface area contributed by atoms with Crippen LogP contribution in [0.3, 0.4) is 0 Å². The van der Waals surface area contributed by atoms with Crippen LogP contribution in [0.1, 0.15) is 18.9 Å². The predicted molar refractivity (Wildman–Crippen MR) is 51.7 cm³/mol. The van der Waals surface area contributed by atoms with Gasteiger partial charge in [0.2, 0.25) is 5.88 Å². The number of halogens is 1. The van der Waals surface area contributed by atoms with E-state index in [4.69, 9.17) is 16.3 Å². The molecule has 1 aliphatic rings. The maximum absolute atomic E-state index is 11.0. The molecule has 1 aromatic heterocycles. The molecule has 0 N–H and O–H groups in total. The van der Waals surface area contributed by atoms with Crippen molar-refractivity contribution in [1.82, 2.24) is 9.78 Å². The van der Waals surface area contributed by atoms with Crippen LogP contribution >= 0.6 is 11.6 Å². The molecule has 0 bridgehead atoms. The van der Waals surface area contributed by atoms with Crippen LogP contribution in [0.2, 0.25) is 5.15 Å². The Morgan fingerprint density at radius 2 is 2.50 bits per heavy atom. The maximum Gasteiger partial charge on any atom is 0.217 e. The summed E-state index contributed by atoms with van der Waals surface area (Å²) >= 11 is 5.92. The third kappa shape index (κ3) is 1.62. The summed E-state index contributed by atoms with van der Waals surface area (Å²) in [6.07, 6.45) is 1.23. The third-order valence-electron chi connectivity index (χ3n) is 2.13. The highest BCUT2D eigenvalue weighted by Gasteiger charge is 2.21. The van der Waals surface area contributed by atoms with Crippen molar-refractivity contribution in [3.8, 4) is 5.88 Å². The Morgan fingerprint density at radius 1 is 1.71 bits per heavy atom. The molecule has 1 aromatic rings. The topological polar surface area (TPSA) is 44.1 Å². The summed E-state index contributed by atoms with van der Waals surface area (Å²) in [7, 11) is 0. The minimum absolute atomic E-state index is 0.0665. The van der Waals surface area contributed by atoms with Gasteiger partial charge < -0.3 is 4.74 Å². The van der Waals surface area contributed by atoms with Gasteiger partial charge in [-0.05, 0) is 6.92 Å². The van der Waals surface area contributed by atoms with Crippen molar-refractivity contribution in [2.75, 3.05) is 6.61 Å². The van der Waals surface area contributed by atoms with E-state index in [0.29, 0.717) is 24.1 Å². The molecular formula is C9H11ClN2O2. The average molecular weight is 215 g/mol. The fourth-order valence-electron chi connectivity index (χ4n) is 1.55. The molecule has 0 atom stereocenters. The van der Waals surface area contributed by atoms with Gasteiger partial charge in [0.25, 0.3) is 0 Å². The number of ether oxygens (including phenoxy) is 1. The summed E-state index contributed by atoms with van der Waals surface area (Å²) in [6, 6.07) is 0. The zero-order valence-electron chi connectivity index (χ0n) is 7.92. The van der Waals surface area contributed by atoms with Crippen LogP contribution in [-0.4, -0.2) is 22.2 Å². The Labute approximate surface area is 86.8 Å². The minimum atomic E-state index is 0.0665. The van der Waals surface area contributed by atoms with Gasteiger partial charge in [0.05, 0.1) is 12.2 Å². The number of rotatable bonds is 2. The van der Waals surface area contributed by atoms with Crippen LogP contribution < -0.4 is 4.74 Å². The van der Waals surface area contributed by atoms with Crippen LogP contribution in [0.15, 0.2) is 0 Å². The number of Topliss-reactive ketones (excluding diaryl/α,β-unsaturated/α-hetero) is 1. The molecule has 76 valence electrons. The van der Waals surface area contributed by atoms with Gasteiger partial charge in [0, 0.05) is 19.4 Å². The van der Waals surface area contributed by atoms with Crippen molar-refractivity contribution >= 4 is 17.4 Å². The molecular weight excluding hydrogens is 204 g/mol. The average Bonchev–Trinajstić information content (AvgIpc) is 2.43. The lowest BCUT2D eigenvalue weighted by molar-refractivity contribution is -0.116. The summed E-state index contributed by atoms with van der Waals surface area (Å²) in [5.74, 6) is 0.730. The van der Waals surface area contributed by atoms with Crippen molar-refractivity contribution in [2.24, 2.45) is 0 Å². The number of hydrogen-bond acceptors (Lipinski definition) is 3. The molecule has 1 aliphatic heterocycles. The molecule has 0 unspecified atom stereocenters. The lowest BCUT2D eigenvalue weighted by Crippen LogP contribution is -2.15. The van der Waals surface area contributed by atoms with Crippen LogP contribution in [0, 0.1) is 0 Å². The number of carbonyl (C=O) groups is 1. The van der Waals surface area contributed by atoms with Crippen molar-refractivity contribution in [2.45, 2.75) is 26.3 Å². The Morgan fingerprint density at radius 3 is 3.21 bits per heavy atom. The van der Waals surface area contributed by atoms with Crippen molar-refractivity contribution in [1.29, 1.82) is 0 Å². The van der Waals surface area contributed by atoms with E-state index in [1.807, 2.05) is 0 Å². The van der Waals surface area contributed by atoms with E-state index in [-0.39, 0.29) is 5.78 Å². The second kappa shape index (κ2) is 3.61. The van der Waals surface area contributed by atoms with E-state index in [1.54, 1.807) is 4.68 Å². The van der Waals surface area contributed by atoms with Gasteiger partial charge >= 0.3 is 0 Å². The number of nitrogens with zero attached hydrogens (tertiary/aromatic N) is 2. The normalized spacial score (nSPS) is 14.7. The number of carbonyl (C=O) groups excluding carboxylic acids is 1. The summed E-state index contributed by atoms with van der Waals surface area (Å²) in [6.45, 7) is 3.02. The first-order chi connectivity index (χ1) is 6.68. The highest BCUT2D eigenvalue weighted by Crippen LogP contribution is 2.29. The lowest BCUT2D eigenvalue weighted by Gasteiger charge is -2.15. The molecule has 0 fully saturated rings. The first-order valence-corrected chi connectivity index (χ1v) is 4.93. The second-order valence-corrected chi connectivity index (χ2v) is 3.74. The third-order valence-corrected chi connectivity index (χ3v) is 2.43. The van der Waals surface area contributed by atoms with Crippen LogP contribution in [-0.2, 0) is 17.8 Å². The van der Waals surface area contributed by atoms with Crippen molar-refractivity contribution in [3.63, 3.8) is 0 Å². The fraction of sp³-hybridized carbons (Fsp3) is 0.556. The van der Waals surface area contributed by atoms with E-state index in [0.717, 1.165) is 18.5 Å². The van der Waals surface area contributed by atoms with Crippen LogP contribution in [0.4, 0.5) is 0 Å². The highest BCUT2D eigenvalue weighted by atomic mass is 35.5. The monoisotopic (exact) mass is 214 g/mol. The molecule has 0 saturated carbocycles. The maximum atomic E-state index is 11.0. The molecule has 0 radical (unpaired) electrons. The van der Waals surface area contributed by atoms with Crippen molar-refractivity contribution in [3.05, 3.63) is 10.7 Å². The molecule has 0 spiro atoms.